The Hall–Kier alpha value is -1.57. The monoisotopic (exact) mass is 244 g/mol. The van der Waals surface area contributed by atoms with Gasteiger partial charge in [-0.05, 0) is 6.42 Å². The van der Waals surface area contributed by atoms with Crippen LogP contribution in [-0.4, -0.2) is 42.1 Å². The lowest BCUT2D eigenvalue weighted by Gasteiger charge is -2.08. The molecule has 2 heterocycles. The highest BCUT2D eigenvalue weighted by Crippen LogP contribution is 2.12. The van der Waals surface area contributed by atoms with Crippen LogP contribution in [0.5, 0.6) is 0 Å². The molecule has 0 aromatic carbocycles. The van der Waals surface area contributed by atoms with Gasteiger partial charge in [0.1, 0.15) is 11.5 Å². The van der Waals surface area contributed by atoms with E-state index in [0.29, 0.717) is 6.42 Å². The second-order valence-electron chi connectivity index (χ2n) is 3.78. The Labute approximate surface area is 92.3 Å². The molecule has 0 bridgehead atoms. The maximum atomic E-state index is 11.6. The number of anilines is 1. The van der Waals surface area contributed by atoms with Gasteiger partial charge >= 0.3 is 0 Å². The normalized spacial score (nSPS) is 23.1. The van der Waals surface area contributed by atoms with Crippen LogP contribution in [0.15, 0.2) is 6.07 Å². The number of rotatable bonds is 2. The zero-order valence-corrected chi connectivity index (χ0v) is 9.25. The molecule has 7 nitrogen and oxygen atoms in total. The van der Waals surface area contributed by atoms with Gasteiger partial charge in [0.05, 0.1) is 11.5 Å². The van der Waals surface area contributed by atoms with Crippen LogP contribution in [0, 0.1) is 0 Å². The van der Waals surface area contributed by atoms with Gasteiger partial charge in [0.2, 0.25) is 0 Å². The number of carbonyl (C=O) groups is 1. The number of carbonyl (C=O) groups excluding carboxylic acids is 1. The molecule has 1 fully saturated rings. The van der Waals surface area contributed by atoms with Crippen molar-refractivity contribution in [2.75, 3.05) is 17.2 Å². The Bertz CT molecular complexity index is 507. The number of nitrogen functional groups attached to an aromatic ring is 1. The van der Waals surface area contributed by atoms with Crippen molar-refractivity contribution in [3.8, 4) is 0 Å². The molecule has 0 aliphatic carbocycles. The molecule has 1 unspecified atom stereocenters. The third-order valence-corrected chi connectivity index (χ3v) is 4.18. The van der Waals surface area contributed by atoms with E-state index < -0.39 is 9.84 Å². The van der Waals surface area contributed by atoms with Crippen molar-refractivity contribution >= 4 is 21.6 Å². The van der Waals surface area contributed by atoms with E-state index in [1.165, 1.54) is 6.07 Å². The standard InChI is InChI=1S/C8H12N4O3S/c9-7-3-6(11-12-7)8(13)10-5-1-2-16(14,15)4-5/h3,5H,1-2,4H2,(H,10,13)(H3,9,11,12). The topological polar surface area (TPSA) is 118 Å². The number of H-pyrrole nitrogens is 1. The maximum absolute atomic E-state index is 11.6. The fraction of sp³-hybridized carbons (Fsp3) is 0.500. The average molecular weight is 244 g/mol. The summed E-state index contributed by atoms with van der Waals surface area (Å²) in [6, 6.07) is 1.08. The van der Waals surface area contributed by atoms with E-state index in [2.05, 4.69) is 15.5 Å². The van der Waals surface area contributed by atoms with Crippen LogP contribution in [0.25, 0.3) is 0 Å². The zero-order chi connectivity index (χ0) is 11.8. The number of nitrogens with zero attached hydrogens (tertiary/aromatic N) is 1. The number of aromatic nitrogens is 2. The lowest BCUT2D eigenvalue weighted by atomic mass is 10.2. The van der Waals surface area contributed by atoms with Gasteiger partial charge in [0.25, 0.3) is 5.91 Å². The number of hydrogen-bond acceptors (Lipinski definition) is 5. The number of sulfone groups is 1. The summed E-state index contributed by atoms with van der Waals surface area (Å²) < 4.78 is 22.3. The summed E-state index contributed by atoms with van der Waals surface area (Å²) in [5.74, 6) is -0.0266. The predicted octanol–water partition coefficient (Wildman–Crippen LogP) is -1.09. The van der Waals surface area contributed by atoms with E-state index in [1.54, 1.807) is 0 Å². The van der Waals surface area contributed by atoms with Crippen LogP contribution >= 0.6 is 0 Å². The van der Waals surface area contributed by atoms with E-state index in [9.17, 15) is 13.2 Å². The van der Waals surface area contributed by atoms with Crippen molar-refractivity contribution < 1.29 is 13.2 Å². The molecule has 1 aromatic rings. The summed E-state index contributed by atoms with van der Waals surface area (Å²) in [4.78, 5) is 11.6. The minimum absolute atomic E-state index is 0.00234. The molecular formula is C8H12N4O3S. The van der Waals surface area contributed by atoms with Crippen molar-refractivity contribution in [1.29, 1.82) is 0 Å². The van der Waals surface area contributed by atoms with Crippen molar-refractivity contribution in [2.45, 2.75) is 12.5 Å². The minimum Gasteiger partial charge on any atom is -0.382 e. The van der Waals surface area contributed by atoms with Crippen LogP contribution in [0.4, 0.5) is 5.82 Å². The van der Waals surface area contributed by atoms with Gasteiger partial charge in [-0.3, -0.25) is 9.89 Å². The molecule has 1 atom stereocenters. The van der Waals surface area contributed by atoms with Gasteiger partial charge in [-0.25, -0.2) is 8.42 Å². The van der Waals surface area contributed by atoms with Gasteiger partial charge in [0.15, 0.2) is 9.84 Å². The van der Waals surface area contributed by atoms with E-state index in [-0.39, 0.29) is 35.0 Å². The Morgan fingerprint density at radius 3 is 2.88 bits per heavy atom. The largest absolute Gasteiger partial charge is 0.382 e. The summed E-state index contributed by atoms with van der Waals surface area (Å²) in [6.45, 7) is 0. The van der Waals surface area contributed by atoms with E-state index in [0.717, 1.165) is 0 Å². The van der Waals surface area contributed by atoms with Gasteiger partial charge in [0, 0.05) is 12.1 Å². The molecule has 1 aliphatic heterocycles. The molecule has 16 heavy (non-hydrogen) atoms. The molecule has 1 aromatic heterocycles. The van der Waals surface area contributed by atoms with Gasteiger partial charge in [-0.15, -0.1) is 0 Å². The van der Waals surface area contributed by atoms with Gasteiger partial charge in [-0.1, -0.05) is 0 Å². The third kappa shape index (κ3) is 2.32. The smallest absolute Gasteiger partial charge is 0.269 e. The molecule has 2 rings (SSSR count). The molecule has 1 saturated heterocycles. The lowest BCUT2D eigenvalue weighted by Crippen LogP contribution is -2.35. The Morgan fingerprint density at radius 1 is 1.62 bits per heavy atom. The molecule has 8 heteroatoms. The predicted molar refractivity (Wildman–Crippen MR) is 57.5 cm³/mol. The van der Waals surface area contributed by atoms with Crippen LogP contribution in [0.1, 0.15) is 16.9 Å². The summed E-state index contributed by atoms with van der Waals surface area (Å²) in [6.07, 6.45) is 0.456. The number of amides is 1. The van der Waals surface area contributed by atoms with Crippen molar-refractivity contribution in [3.05, 3.63) is 11.8 Å². The molecule has 0 saturated carbocycles. The van der Waals surface area contributed by atoms with Crippen LogP contribution in [0.2, 0.25) is 0 Å². The van der Waals surface area contributed by atoms with Crippen molar-refractivity contribution in [3.63, 3.8) is 0 Å². The molecule has 0 radical (unpaired) electrons. The Kier molecular flexibility index (Phi) is 2.58. The SMILES string of the molecule is Nc1cc(C(=O)NC2CCS(=O)(=O)C2)[nH]n1. The minimum atomic E-state index is -2.98. The fourth-order valence-corrected chi connectivity index (χ4v) is 3.30. The number of hydrogen-bond donors (Lipinski definition) is 3. The van der Waals surface area contributed by atoms with Crippen molar-refractivity contribution in [2.24, 2.45) is 0 Å². The summed E-state index contributed by atoms with van der Waals surface area (Å²) in [7, 11) is -2.98. The second-order valence-corrected chi connectivity index (χ2v) is 6.01. The molecule has 0 spiro atoms. The molecule has 4 N–H and O–H groups in total. The number of aromatic amines is 1. The zero-order valence-electron chi connectivity index (χ0n) is 8.43. The summed E-state index contributed by atoms with van der Waals surface area (Å²) >= 11 is 0. The maximum Gasteiger partial charge on any atom is 0.269 e. The first-order valence-electron chi connectivity index (χ1n) is 4.78. The highest BCUT2D eigenvalue weighted by Gasteiger charge is 2.29. The van der Waals surface area contributed by atoms with E-state index in [1.807, 2.05) is 0 Å². The highest BCUT2D eigenvalue weighted by atomic mass is 32.2. The van der Waals surface area contributed by atoms with E-state index >= 15 is 0 Å². The summed E-state index contributed by atoms with van der Waals surface area (Å²) in [5, 5.41) is 8.70. The first kappa shape index (κ1) is 10.9. The Balaban J connectivity index is 1.99. The average Bonchev–Trinajstić information content (AvgIpc) is 2.73. The van der Waals surface area contributed by atoms with Crippen LogP contribution in [-0.2, 0) is 9.84 Å². The lowest BCUT2D eigenvalue weighted by molar-refractivity contribution is 0.0936. The van der Waals surface area contributed by atoms with Gasteiger partial charge in [-0.2, -0.15) is 5.10 Å². The quantitative estimate of drug-likeness (QED) is 0.611. The Morgan fingerprint density at radius 2 is 2.38 bits per heavy atom. The molecular weight excluding hydrogens is 232 g/mol. The number of nitrogens with one attached hydrogen (secondary N) is 2. The van der Waals surface area contributed by atoms with E-state index in [4.69, 9.17) is 5.73 Å². The summed E-state index contributed by atoms with van der Waals surface area (Å²) in [5.41, 5.74) is 5.59. The molecule has 88 valence electrons. The van der Waals surface area contributed by atoms with Crippen LogP contribution < -0.4 is 11.1 Å². The third-order valence-electron chi connectivity index (χ3n) is 2.41. The fourth-order valence-electron chi connectivity index (χ4n) is 1.63. The first-order valence-corrected chi connectivity index (χ1v) is 6.60. The second kappa shape index (κ2) is 3.78. The highest BCUT2D eigenvalue weighted by molar-refractivity contribution is 7.91. The van der Waals surface area contributed by atoms with Gasteiger partial charge < -0.3 is 11.1 Å². The molecule has 1 aliphatic rings. The number of nitrogens with two attached hydrogens (primary N) is 1. The van der Waals surface area contributed by atoms with Crippen molar-refractivity contribution in [1.82, 2.24) is 15.5 Å². The first-order chi connectivity index (χ1) is 7.46. The molecule has 1 amide bonds. The van der Waals surface area contributed by atoms with Crippen LogP contribution in [0.3, 0.4) is 0 Å².